The molecular weight excluding hydrogens is 641 g/mol. The first kappa shape index (κ1) is 31.7. The van der Waals surface area contributed by atoms with Crippen molar-refractivity contribution in [2.24, 2.45) is 7.05 Å². The molecule has 0 radical (unpaired) electrons. The van der Waals surface area contributed by atoms with E-state index in [1.165, 1.54) is 42.1 Å². The van der Waals surface area contributed by atoms with E-state index in [1.807, 2.05) is 24.4 Å². The smallest absolute Gasteiger partial charge is 0.268 e. The zero-order chi connectivity index (χ0) is 34.9. The molecule has 4 heterocycles. The summed E-state index contributed by atoms with van der Waals surface area (Å²) in [5, 5.41) is 10.4. The lowest BCUT2D eigenvalue weighted by atomic mass is 10.0. The zero-order valence-corrected chi connectivity index (χ0v) is 27.0. The average Bonchev–Trinajstić information content (AvgIpc) is 3.70. The van der Waals surface area contributed by atoms with Gasteiger partial charge in [0.1, 0.15) is 34.6 Å². The topological polar surface area (TPSA) is 146 Å². The van der Waals surface area contributed by atoms with Gasteiger partial charge < -0.3 is 19.8 Å². The van der Waals surface area contributed by atoms with Crippen LogP contribution in [-0.2, 0) is 11.8 Å². The van der Waals surface area contributed by atoms with Crippen molar-refractivity contribution in [3.63, 3.8) is 0 Å². The molecule has 2 amide bonds. The number of halogens is 1. The standard InChI is InChI=1S/C37H28FN7O5/c1-21-15-16-45(28-11-7-25(38)8-12-28)37(48)30(21)34(47)43-26-9-13-29(14-10-26)49-35-32-31(23-5-4-6-27(17-23)42-22(2)46)33(24-18-41-44(3)19-24)50-36(32)40-20-39-35/h4-20H,1-3H3,(H,42,46)(H,43,47). The minimum absolute atomic E-state index is 0.0417. The number of aromatic nitrogens is 5. The van der Waals surface area contributed by atoms with Crippen molar-refractivity contribution in [2.75, 3.05) is 10.6 Å². The lowest BCUT2D eigenvalue weighted by Crippen LogP contribution is -2.29. The van der Waals surface area contributed by atoms with Crippen LogP contribution in [0.3, 0.4) is 0 Å². The van der Waals surface area contributed by atoms with Crippen LogP contribution in [0, 0.1) is 12.7 Å². The molecule has 0 bridgehead atoms. The number of fused-ring (bicyclic) bond motifs is 1. The summed E-state index contributed by atoms with van der Waals surface area (Å²) in [6, 6.07) is 21.0. The highest BCUT2D eigenvalue weighted by atomic mass is 19.1. The lowest BCUT2D eigenvalue weighted by Gasteiger charge is -2.12. The summed E-state index contributed by atoms with van der Waals surface area (Å²) in [5.41, 5.74) is 3.71. The molecular formula is C37H28FN7O5. The van der Waals surface area contributed by atoms with Crippen molar-refractivity contribution in [3.05, 3.63) is 131 Å². The quantitative estimate of drug-likeness (QED) is 0.178. The number of ether oxygens (including phenoxy) is 1. The summed E-state index contributed by atoms with van der Waals surface area (Å²) in [7, 11) is 1.80. The van der Waals surface area contributed by atoms with E-state index in [0.29, 0.717) is 50.6 Å². The van der Waals surface area contributed by atoms with Crippen molar-refractivity contribution in [3.8, 4) is 39.8 Å². The van der Waals surface area contributed by atoms with E-state index in [4.69, 9.17) is 9.15 Å². The summed E-state index contributed by atoms with van der Waals surface area (Å²) in [6.45, 7) is 3.11. The Morgan fingerprint density at radius 1 is 0.920 bits per heavy atom. The maximum atomic E-state index is 13.5. The average molecular weight is 670 g/mol. The monoisotopic (exact) mass is 669 g/mol. The lowest BCUT2D eigenvalue weighted by molar-refractivity contribution is -0.114. The van der Waals surface area contributed by atoms with Crippen molar-refractivity contribution < 1.29 is 23.1 Å². The summed E-state index contributed by atoms with van der Waals surface area (Å²) < 4.78 is 28.9. The molecule has 248 valence electrons. The van der Waals surface area contributed by atoms with Crippen LogP contribution in [0.1, 0.15) is 22.8 Å². The molecule has 0 aliphatic rings. The Labute approximate surface area is 283 Å². The summed E-state index contributed by atoms with van der Waals surface area (Å²) >= 11 is 0. The molecule has 7 aromatic rings. The fraction of sp³-hybridized carbons (Fsp3) is 0.0811. The highest BCUT2D eigenvalue weighted by Crippen LogP contribution is 2.44. The maximum Gasteiger partial charge on any atom is 0.268 e. The maximum absolute atomic E-state index is 13.5. The van der Waals surface area contributed by atoms with Crippen LogP contribution in [0.5, 0.6) is 11.6 Å². The van der Waals surface area contributed by atoms with Crippen molar-refractivity contribution in [2.45, 2.75) is 13.8 Å². The Bertz CT molecular complexity index is 2470. The molecule has 7 rings (SSSR count). The van der Waals surface area contributed by atoms with E-state index < -0.39 is 17.3 Å². The van der Waals surface area contributed by atoms with Crippen LogP contribution < -0.4 is 20.9 Å². The predicted octanol–water partition coefficient (Wildman–Crippen LogP) is 6.89. The second-order valence-electron chi connectivity index (χ2n) is 11.4. The molecule has 0 aliphatic heterocycles. The third kappa shape index (κ3) is 6.22. The third-order valence-electron chi connectivity index (χ3n) is 7.85. The molecule has 0 unspecified atom stereocenters. The van der Waals surface area contributed by atoms with Crippen molar-refractivity contribution in [1.29, 1.82) is 0 Å². The van der Waals surface area contributed by atoms with E-state index in [9.17, 15) is 18.8 Å². The molecule has 0 spiro atoms. The zero-order valence-electron chi connectivity index (χ0n) is 27.0. The highest BCUT2D eigenvalue weighted by molar-refractivity contribution is 6.05. The number of pyridine rings is 1. The van der Waals surface area contributed by atoms with Gasteiger partial charge in [0.25, 0.3) is 11.5 Å². The first-order chi connectivity index (χ1) is 24.1. The van der Waals surface area contributed by atoms with Gasteiger partial charge in [-0.2, -0.15) is 5.10 Å². The van der Waals surface area contributed by atoms with Gasteiger partial charge in [-0.05, 0) is 84.8 Å². The first-order valence-corrected chi connectivity index (χ1v) is 15.4. The SMILES string of the molecule is CC(=O)Nc1cccc(-c2c(-c3cnn(C)c3)oc3ncnc(Oc4ccc(NC(=O)c5c(C)ccn(-c6ccc(F)cc6)c5=O)cc4)c23)c1. The van der Waals surface area contributed by atoms with Crippen molar-refractivity contribution >= 4 is 34.3 Å². The third-order valence-corrected chi connectivity index (χ3v) is 7.85. The minimum Gasteiger partial charge on any atom is -0.438 e. The number of nitrogens with zero attached hydrogens (tertiary/aromatic N) is 5. The van der Waals surface area contributed by atoms with Crippen LogP contribution >= 0.6 is 0 Å². The van der Waals surface area contributed by atoms with E-state index in [0.717, 1.165) is 5.56 Å². The molecule has 3 aromatic carbocycles. The van der Waals surface area contributed by atoms with E-state index >= 15 is 0 Å². The normalized spacial score (nSPS) is 11.0. The molecule has 4 aromatic heterocycles. The Kier molecular flexibility index (Phi) is 8.21. The van der Waals surface area contributed by atoms with Crippen LogP contribution in [0.25, 0.3) is 39.2 Å². The number of hydrogen-bond donors (Lipinski definition) is 2. The number of anilines is 2. The number of amides is 2. The second-order valence-corrected chi connectivity index (χ2v) is 11.4. The van der Waals surface area contributed by atoms with Gasteiger partial charge in [0, 0.05) is 49.0 Å². The Hall–Kier alpha value is -6.89. The number of nitrogens with one attached hydrogen (secondary N) is 2. The highest BCUT2D eigenvalue weighted by Gasteiger charge is 2.25. The van der Waals surface area contributed by atoms with Gasteiger partial charge in [-0.15, -0.1) is 0 Å². The Morgan fingerprint density at radius 3 is 2.42 bits per heavy atom. The molecule has 0 saturated carbocycles. The van der Waals surface area contributed by atoms with Gasteiger partial charge in [-0.25, -0.2) is 14.4 Å². The number of benzene rings is 3. The molecule has 13 heteroatoms. The molecule has 0 saturated heterocycles. The molecule has 50 heavy (non-hydrogen) atoms. The van der Waals surface area contributed by atoms with Gasteiger partial charge in [0.2, 0.25) is 17.5 Å². The summed E-state index contributed by atoms with van der Waals surface area (Å²) in [6.07, 6.45) is 6.37. The molecule has 0 fully saturated rings. The predicted molar refractivity (Wildman–Crippen MR) is 185 cm³/mol. The number of carbonyl (C=O) groups is 2. The number of rotatable bonds is 8. The van der Waals surface area contributed by atoms with Gasteiger partial charge in [-0.3, -0.25) is 23.6 Å². The van der Waals surface area contributed by atoms with Crippen LogP contribution in [0.4, 0.5) is 15.8 Å². The first-order valence-electron chi connectivity index (χ1n) is 15.4. The van der Waals surface area contributed by atoms with E-state index in [1.54, 1.807) is 67.4 Å². The van der Waals surface area contributed by atoms with E-state index in [-0.39, 0.29) is 23.1 Å². The van der Waals surface area contributed by atoms with Gasteiger partial charge >= 0.3 is 0 Å². The largest absolute Gasteiger partial charge is 0.438 e. The van der Waals surface area contributed by atoms with Gasteiger partial charge in [-0.1, -0.05) is 12.1 Å². The Balaban J connectivity index is 1.20. The summed E-state index contributed by atoms with van der Waals surface area (Å²) in [4.78, 5) is 47.2. The molecule has 0 aliphatic carbocycles. The molecule has 2 N–H and O–H groups in total. The molecule has 0 atom stereocenters. The van der Waals surface area contributed by atoms with E-state index in [2.05, 4.69) is 25.7 Å². The fourth-order valence-corrected chi connectivity index (χ4v) is 5.58. The fourth-order valence-electron chi connectivity index (χ4n) is 5.58. The van der Waals surface area contributed by atoms with Crippen LogP contribution in [0.2, 0.25) is 0 Å². The van der Waals surface area contributed by atoms with Gasteiger partial charge in [0.05, 0.1) is 11.8 Å². The van der Waals surface area contributed by atoms with Gasteiger partial charge in [0.15, 0.2) is 0 Å². The van der Waals surface area contributed by atoms with Crippen LogP contribution in [-0.4, -0.2) is 36.1 Å². The number of hydrogen-bond acceptors (Lipinski definition) is 8. The van der Waals surface area contributed by atoms with Crippen LogP contribution in [0.15, 0.2) is 113 Å². The van der Waals surface area contributed by atoms with Crippen molar-refractivity contribution in [1.82, 2.24) is 24.3 Å². The number of furan rings is 1. The number of aryl methyl sites for hydroxylation is 2. The number of carbonyl (C=O) groups excluding carboxylic acids is 2. The summed E-state index contributed by atoms with van der Waals surface area (Å²) in [5.74, 6) is -0.128. The minimum atomic E-state index is -0.595. The second kappa shape index (κ2) is 13.0. The molecule has 12 nitrogen and oxygen atoms in total. The Morgan fingerprint density at radius 2 is 1.70 bits per heavy atom.